The number of fused-ring (bicyclic) bond motifs is 1. The van der Waals surface area contributed by atoms with Gasteiger partial charge in [-0.25, -0.2) is 0 Å². The molecule has 1 aromatic carbocycles. The number of benzene rings is 1. The summed E-state index contributed by atoms with van der Waals surface area (Å²) in [5, 5.41) is 8.42. The van der Waals surface area contributed by atoms with Crippen LogP contribution in [0.1, 0.15) is 18.0 Å². The van der Waals surface area contributed by atoms with Gasteiger partial charge in [0, 0.05) is 31.3 Å². The summed E-state index contributed by atoms with van der Waals surface area (Å²) < 4.78 is 0. The van der Waals surface area contributed by atoms with Crippen LogP contribution in [0.15, 0.2) is 24.3 Å². The summed E-state index contributed by atoms with van der Waals surface area (Å²) in [6.45, 7) is 0.478. The lowest BCUT2D eigenvalue weighted by atomic mass is 10.1. The first-order valence-corrected chi connectivity index (χ1v) is 5.56. The molecule has 0 spiro atoms. The van der Waals surface area contributed by atoms with Crippen LogP contribution in [0.3, 0.4) is 0 Å². The quantitative estimate of drug-likeness (QED) is 0.705. The molecule has 1 aliphatic heterocycles. The number of para-hydroxylation sites is 1. The van der Waals surface area contributed by atoms with Gasteiger partial charge < -0.3 is 16.0 Å². The van der Waals surface area contributed by atoms with Gasteiger partial charge in [-0.15, -0.1) is 0 Å². The van der Waals surface area contributed by atoms with Gasteiger partial charge in [0.2, 0.25) is 11.8 Å². The largest absolute Gasteiger partial charge is 0.359 e. The third kappa shape index (κ3) is 2.45. The van der Waals surface area contributed by atoms with E-state index in [-0.39, 0.29) is 17.9 Å². The van der Waals surface area contributed by atoms with Crippen LogP contribution in [-0.2, 0) is 9.59 Å². The summed E-state index contributed by atoms with van der Waals surface area (Å²) in [5.74, 6) is -0.104. The van der Waals surface area contributed by atoms with Gasteiger partial charge in [0.1, 0.15) is 6.04 Å². The summed E-state index contributed by atoms with van der Waals surface area (Å²) in [6, 6.07) is 7.20. The van der Waals surface area contributed by atoms with E-state index in [0.717, 1.165) is 11.3 Å². The minimum atomic E-state index is -0.351. The zero-order valence-corrected chi connectivity index (χ0v) is 9.62. The van der Waals surface area contributed by atoms with E-state index in [2.05, 4.69) is 16.0 Å². The zero-order chi connectivity index (χ0) is 12.3. The normalized spacial score (nSPS) is 17.5. The highest BCUT2D eigenvalue weighted by Crippen LogP contribution is 2.29. The third-order valence-corrected chi connectivity index (χ3v) is 2.77. The molecule has 3 N–H and O–H groups in total. The van der Waals surface area contributed by atoms with Crippen molar-refractivity contribution < 1.29 is 9.59 Å². The van der Waals surface area contributed by atoms with Crippen LogP contribution in [0.4, 0.5) is 5.69 Å². The van der Waals surface area contributed by atoms with Gasteiger partial charge in [0.05, 0.1) is 0 Å². The molecule has 1 aromatic rings. The SMILES string of the molecule is CNC(=O)CCNC1C(=O)Nc2ccccc21. The van der Waals surface area contributed by atoms with Gasteiger partial charge in [0.15, 0.2) is 0 Å². The molecule has 2 rings (SSSR count). The minimum Gasteiger partial charge on any atom is -0.359 e. The fraction of sp³-hybridized carbons (Fsp3) is 0.333. The maximum Gasteiger partial charge on any atom is 0.246 e. The summed E-state index contributed by atoms with van der Waals surface area (Å²) >= 11 is 0. The van der Waals surface area contributed by atoms with E-state index in [9.17, 15) is 9.59 Å². The molecule has 0 fully saturated rings. The van der Waals surface area contributed by atoms with E-state index < -0.39 is 0 Å². The third-order valence-electron chi connectivity index (χ3n) is 2.77. The smallest absolute Gasteiger partial charge is 0.246 e. The standard InChI is InChI=1S/C12H15N3O2/c1-13-10(16)6-7-14-11-8-4-2-3-5-9(8)15-12(11)17/h2-5,11,14H,6-7H2,1H3,(H,13,16)(H,15,17). The van der Waals surface area contributed by atoms with Crippen molar-refractivity contribution in [3.8, 4) is 0 Å². The Hall–Kier alpha value is -1.88. The van der Waals surface area contributed by atoms with Crippen molar-refractivity contribution in [2.75, 3.05) is 18.9 Å². The first kappa shape index (κ1) is 11.6. The Morgan fingerprint density at radius 1 is 1.41 bits per heavy atom. The minimum absolute atomic E-state index is 0.0378. The second-order valence-electron chi connectivity index (χ2n) is 3.89. The maximum absolute atomic E-state index is 11.7. The van der Waals surface area contributed by atoms with Crippen LogP contribution in [0.25, 0.3) is 0 Å². The topological polar surface area (TPSA) is 70.2 Å². The van der Waals surface area contributed by atoms with E-state index in [0.29, 0.717) is 13.0 Å². The van der Waals surface area contributed by atoms with Gasteiger partial charge in [-0.3, -0.25) is 9.59 Å². The van der Waals surface area contributed by atoms with Crippen LogP contribution in [0.5, 0.6) is 0 Å². The molecule has 1 unspecified atom stereocenters. The molecule has 5 nitrogen and oxygen atoms in total. The van der Waals surface area contributed by atoms with Crippen molar-refractivity contribution in [1.82, 2.24) is 10.6 Å². The first-order chi connectivity index (χ1) is 8.22. The molecular weight excluding hydrogens is 218 g/mol. The van der Waals surface area contributed by atoms with E-state index in [1.54, 1.807) is 7.05 Å². The molecule has 1 aliphatic rings. The molecule has 0 saturated carbocycles. The Balaban J connectivity index is 1.97. The number of anilines is 1. The fourth-order valence-electron chi connectivity index (χ4n) is 1.87. The Labute approximate surface area is 99.6 Å². The molecule has 2 amide bonds. The van der Waals surface area contributed by atoms with Crippen molar-refractivity contribution in [2.45, 2.75) is 12.5 Å². The Bertz CT molecular complexity index is 445. The molecule has 1 atom stereocenters. The number of carbonyl (C=O) groups excluding carboxylic acids is 2. The Kier molecular flexibility index (Phi) is 3.39. The number of hydrogen-bond acceptors (Lipinski definition) is 3. The van der Waals surface area contributed by atoms with Crippen molar-refractivity contribution >= 4 is 17.5 Å². The fourth-order valence-corrected chi connectivity index (χ4v) is 1.87. The number of amides is 2. The second kappa shape index (κ2) is 4.97. The van der Waals surface area contributed by atoms with E-state index >= 15 is 0 Å². The molecule has 0 saturated heterocycles. The van der Waals surface area contributed by atoms with Gasteiger partial charge in [-0.05, 0) is 6.07 Å². The average Bonchev–Trinajstić information content (AvgIpc) is 2.66. The molecule has 17 heavy (non-hydrogen) atoms. The van der Waals surface area contributed by atoms with Gasteiger partial charge in [-0.1, -0.05) is 18.2 Å². The zero-order valence-electron chi connectivity index (χ0n) is 9.62. The lowest BCUT2D eigenvalue weighted by Gasteiger charge is -2.10. The highest BCUT2D eigenvalue weighted by molar-refractivity contribution is 6.02. The summed E-state index contributed by atoms with van der Waals surface area (Å²) in [5.41, 5.74) is 1.78. The number of carbonyl (C=O) groups is 2. The van der Waals surface area contributed by atoms with Crippen LogP contribution in [0, 0.1) is 0 Å². The summed E-state index contributed by atoms with van der Waals surface area (Å²) in [6.07, 6.45) is 0.364. The van der Waals surface area contributed by atoms with E-state index in [1.807, 2.05) is 24.3 Å². The van der Waals surface area contributed by atoms with Gasteiger partial charge >= 0.3 is 0 Å². The summed E-state index contributed by atoms with van der Waals surface area (Å²) in [4.78, 5) is 22.8. The van der Waals surface area contributed by atoms with Crippen LogP contribution >= 0.6 is 0 Å². The number of nitrogens with one attached hydrogen (secondary N) is 3. The second-order valence-corrected chi connectivity index (χ2v) is 3.89. The molecular formula is C12H15N3O2. The lowest BCUT2D eigenvalue weighted by Crippen LogP contribution is -2.31. The predicted molar refractivity (Wildman–Crippen MR) is 64.5 cm³/mol. The molecule has 0 radical (unpaired) electrons. The summed E-state index contributed by atoms with van der Waals surface area (Å²) in [7, 11) is 1.60. The monoisotopic (exact) mass is 233 g/mol. The molecule has 0 aromatic heterocycles. The van der Waals surface area contributed by atoms with Gasteiger partial charge in [-0.2, -0.15) is 0 Å². The van der Waals surface area contributed by atoms with Crippen molar-refractivity contribution in [3.05, 3.63) is 29.8 Å². The molecule has 1 heterocycles. The van der Waals surface area contributed by atoms with E-state index in [4.69, 9.17) is 0 Å². The van der Waals surface area contributed by atoms with Crippen molar-refractivity contribution in [1.29, 1.82) is 0 Å². The molecule has 0 bridgehead atoms. The Morgan fingerprint density at radius 3 is 2.94 bits per heavy atom. The van der Waals surface area contributed by atoms with Crippen LogP contribution in [-0.4, -0.2) is 25.4 Å². The van der Waals surface area contributed by atoms with Crippen LogP contribution in [0.2, 0.25) is 0 Å². The van der Waals surface area contributed by atoms with Crippen LogP contribution < -0.4 is 16.0 Å². The predicted octanol–water partition coefficient (Wildman–Crippen LogP) is 0.405. The number of rotatable bonds is 4. The first-order valence-electron chi connectivity index (χ1n) is 5.56. The number of hydrogen-bond donors (Lipinski definition) is 3. The molecule has 90 valence electrons. The Morgan fingerprint density at radius 2 is 2.18 bits per heavy atom. The highest BCUT2D eigenvalue weighted by atomic mass is 16.2. The molecule has 5 heteroatoms. The highest BCUT2D eigenvalue weighted by Gasteiger charge is 2.29. The maximum atomic E-state index is 11.7. The van der Waals surface area contributed by atoms with E-state index in [1.165, 1.54) is 0 Å². The van der Waals surface area contributed by atoms with Crippen molar-refractivity contribution in [2.24, 2.45) is 0 Å². The lowest BCUT2D eigenvalue weighted by molar-refractivity contribution is -0.121. The molecule has 0 aliphatic carbocycles. The average molecular weight is 233 g/mol. The van der Waals surface area contributed by atoms with Gasteiger partial charge in [0.25, 0.3) is 0 Å². The van der Waals surface area contributed by atoms with Crippen molar-refractivity contribution in [3.63, 3.8) is 0 Å².